The highest BCUT2D eigenvalue weighted by Gasteiger charge is 2.05. The van der Waals surface area contributed by atoms with E-state index >= 15 is 0 Å². The Morgan fingerprint density at radius 2 is 2.11 bits per heavy atom. The molecule has 4 heteroatoms. The summed E-state index contributed by atoms with van der Waals surface area (Å²) in [4.78, 5) is 2.32. The van der Waals surface area contributed by atoms with Crippen molar-refractivity contribution in [3.8, 4) is 5.75 Å². The number of hydrogen-bond acceptors (Lipinski definition) is 3. The Morgan fingerprint density at radius 1 is 1.39 bits per heavy atom. The van der Waals surface area contributed by atoms with E-state index in [9.17, 15) is 0 Å². The highest BCUT2D eigenvalue weighted by molar-refractivity contribution is 9.10. The van der Waals surface area contributed by atoms with Gasteiger partial charge in [-0.25, -0.2) is 0 Å². The Kier molecular flexibility index (Phi) is 6.68. The highest BCUT2D eigenvalue weighted by atomic mass is 79.9. The minimum absolute atomic E-state index is 0.590. The van der Waals surface area contributed by atoms with E-state index in [0.717, 1.165) is 29.9 Å². The van der Waals surface area contributed by atoms with E-state index < -0.39 is 0 Å². The quantitative estimate of drug-likeness (QED) is 0.783. The standard InChI is InChI=1S/C14H23BrN2O/c1-11(2)17(3)8-7-16-10-12-9-13(15)5-6-14(12)18-4/h5-6,9,11,16H,7-8,10H2,1-4H3. The van der Waals surface area contributed by atoms with Crippen LogP contribution in [-0.4, -0.2) is 38.2 Å². The third kappa shape index (κ3) is 4.96. The van der Waals surface area contributed by atoms with Gasteiger partial charge in [-0.3, -0.25) is 0 Å². The molecule has 0 aliphatic rings. The average Bonchev–Trinajstić information content (AvgIpc) is 2.34. The molecule has 18 heavy (non-hydrogen) atoms. The number of methoxy groups -OCH3 is 1. The summed E-state index contributed by atoms with van der Waals surface area (Å²) in [6.45, 7) is 7.27. The van der Waals surface area contributed by atoms with Gasteiger partial charge < -0.3 is 15.0 Å². The van der Waals surface area contributed by atoms with Gasteiger partial charge in [-0.05, 0) is 39.1 Å². The van der Waals surface area contributed by atoms with Crippen LogP contribution < -0.4 is 10.1 Å². The van der Waals surface area contributed by atoms with Crippen LogP contribution in [0.25, 0.3) is 0 Å². The van der Waals surface area contributed by atoms with Crippen LogP contribution in [0, 0.1) is 0 Å². The van der Waals surface area contributed by atoms with Crippen LogP contribution in [0.15, 0.2) is 22.7 Å². The van der Waals surface area contributed by atoms with Crippen LogP contribution in [0.4, 0.5) is 0 Å². The van der Waals surface area contributed by atoms with E-state index in [1.54, 1.807) is 7.11 Å². The van der Waals surface area contributed by atoms with E-state index in [0.29, 0.717) is 6.04 Å². The second-order valence-electron chi connectivity index (χ2n) is 4.71. The molecular formula is C14H23BrN2O. The van der Waals surface area contributed by atoms with Gasteiger partial charge in [0.15, 0.2) is 0 Å². The molecule has 1 aromatic carbocycles. The first-order valence-corrected chi connectivity index (χ1v) is 7.07. The van der Waals surface area contributed by atoms with Crippen LogP contribution in [0.2, 0.25) is 0 Å². The van der Waals surface area contributed by atoms with Gasteiger partial charge in [0, 0.05) is 35.7 Å². The summed E-state index contributed by atoms with van der Waals surface area (Å²) in [5, 5.41) is 3.45. The average molecular weight is 315 g/mol. The zero-order chi connectivity index (χ0) is 13.5. The molecule has 1 aromatic rings. The molecule has 0 radical (unpaired) electrons. The molecule has 0 heterocycles. The van der Waals surface area contributed by atoms with Crippen LogP contribution in [0.3, 0.4) is 0 Å². The summed E-state index contributed by atoms with van der Waals surface area (Å²) in [5.41, 5.74) is 1.18. The van der Waals surface area contributed by atoms with Crippen molar-refractivity contribution in [2.45, 2.75) is 26.4 Å². The van der Waals surface area contributed by atoms with Gasteiger partial charge in [0.25, 0.3) is 0 Å². The first-order valence-electron chi connectivity index (χ1n) is 6.28. The number of hydrogen-bond donors (Lipinski definition) is 1. The number of likely N-dealkylation sites (N-methyl/N-ethyl adjacent to an activating group) is 1. The van der Waals surface area contributed by atoms with E-state index in [4.69, 9.17) is 4.74 Å². The summed E-state index contributed by atoms with van der Waals surface area (Å²) in [5.74, 6) is 0.933. The summed E-state index contributed by atoms with van der Waals surface area (Å²) in [7, 11) is 3.85. The summed E-state index contributed by atoms with van der Waals surface area (Å²) in [6.07, 6.45) is 0. The smallest absolute Gasteiger partial charge is 0.123 e. The van der Waals surface area contributed by atoms with Gasteiger partial charge in [-0.2, -0.15) is 0 Å². The minimum Gasteiger partial charge on any atom is -0.496 e. The topological polar surface area (TPSA) is 24.5 Å². The lowest BCUT2D eigenvalue weighted by Gasteiger charge is -2.21. The summed E-state index contributed by atoms with van der Waals surface area (Å²) in [6, 6.07) is 6.67. The molecule has 0 saturated carbocycles. The molecule has 102 valence electrons. The lowest BCUT2D eigenvalue weighted by molar-refractivity contribution is 0.273. The number of nitrogens with one attached hydrogen (secondary N) is 1. The fraction of sp³-hybridized carbons (Fsp3) is 0.571. The molecule has 1 N–H and O–H groups in total. The Labute approximate surface area is 119 Å². The number of benzene rings is 1. The van der Waals surface area contributed by atoms with E-state index in [2.05, 4.69) is 53.1 Å². The predicted octanol–water partition coefficient (Wildman–Crippen LogP) is 2.89. The van der Waals surface area contributed by atoms with Gasteiger partial charge >= 0.3 is 0 Å². The van der Waals surface area contributed by atoms with Gasteiger partial charge in [0.05, 0.1) is 7.11 Å². The Balaban J connectivity index is 2.41. The molecule has 0 fully saturated rings. The van der Waals surface area contributed by atoms with Crippen molar-refractivity contribution in [1.82, 2.24) is 10.2 Å². The monoisotopic (exact) mass is 314 g/mol. The molecule has 0 aromatic heterocycles. The molecule has 0 bridgehead atoms. The largest absolute Gasteiger partial charge is 0.496 e. The van der Waals surface area contributed by atoms with Crippen molar-refractivity contribution in [2.24, 2.45) is 0 Å². The van der Waals surface area contributed by atoms with Crippen LogP contribution in [-0.2, 0) is 6.54 Å². The molecule has 0 spiro atoms. The summed E-state index contributed by atoms with van der Waals surface area (Å²) >= 11 is 3.49. The van der Waals surface area contributed by atoms with Crippen molar-refractivity contribution in [2.75, 3.05) is 27.2 Å². The maximum atomic E-state index is 5.35. The van der Waals surface area contributed by atoms with Gasteiger partial charge in [-0.1, -0.05) is 15.9 Å². The number of halogens is 1. The van der Waals surface area contributed by atoms with Crippen molar-refractivity contribution in [3.05, 3.63) is 28.2 Å². The van der Waals surface area contributed by atoms with Gasteiger partial charge in [-0.15, -0.1) is 0 Å². The van der Waals surface area contributed by atoms with E-state index in [1.807, 2.05) is 12.1 Å². The van der Waals surface area contributed by atoms with Gasteiger partial charge in [0.2, 0.25) is 0 Å². The second-order valence-corrected chi connectivity index (χ2v) is 5.62. The van der Waals surface area contributed by atoms with Crippen molar-refractivity contribution >= 4 is 15.9 Å². The summed E-state index contributed by atoms with van der Waals surface area (Å²) < 4.78 is 6.43. The molecule has 1 rings (SSSR count). The molecule has 0 atom stereocenters. The molecular weight excluding hydrogens is 292 g/mol. The third-order valence-electron chi connectivity index (χ3n) is 3.08. The Morgan fingerprint density at radius 3 is 2.72 bits per heavy atom. The number of rotatable bonds is 7. The number of ether oxygens (including phenoxy) is 1. The third-order valence-corrected chi connectivity index (χ3v) is 3.57. The van der Waals surface area contributed by atoms with Crippen molar-refractivity contribution in [3.63, 3.8) is 0 Å². The fourth-order valence-electron chi connectivity index (χ4n) is 1.62. The first kappa shape index (κ1) is 15.5. The Bertz CT molecular complexity index is 369. The first-order chi connectivity index (χ1) is 8.54. The predicted molar refractivity (Wildman–Crippen MR) is 80.2 cm³/mol. The van der Waals surface area contributed by atoms with Crippen LogP contribution in [0.5, 0.6) is 5.75 Å². The lowest BCUT2D eigenvalue weighted by atomic mass is 10.2. The maximum absolute atomic E-state index is 5.35. The van der Waals surface area contributed by atoms with Crippen LogP contribution in [0.1, 0.15) is 19.4 Å². The molecule has 0 aliphatic carbocycles. The molecule has 3 nitrogen and oxygen atoms in total. The van der Waals surface area contributed by atoms with Crippen molar-refractivity contribution in [1.29, 1.82) is 0 Å². The van der Waals surface area contributed by atoms with E-state index in [-0.39, 0.29) is 0 Å². The maximum Gasteiger partial charge on any atom is 0.123 e. The zero-order valence-corrected chi connectivity index (χ0v) is 13.3. The number of nitrogens with zero attached hydrogens (tertiary/aromatic N) is 1. The normalized spacial score (nSPS) is 11.3. The molecule has 0 saturated heterocycles. The zero-order valence-electron chi connectivity index (χ0n) is 11.7. The van der Waals surface area contributed by atoms with Crippen LogP contribution >= 0.6 is 15.9 Å². The van der Waals surface area contributed by atoms with E-state index in [1.165, 1.54) is 5.56 Å². The molecule has 0 unspecified atom stereocenters. The fourth-order valence-corrected chi connectivity index (χ4v) is 2.03. The molecule has 0 aliphatic heterocycles. The SMILES string of the molecule is COc1ccc(Br)cc1CNCCN(C)C(C)C. The minimum atomic E-state index is 0.590. The second kappa shape index (κ2) is 7.77. The highest BCUT2D eigenvalue weighted by Crippen LogP contribution is 2.22. The lowest BCUT2D eigenvalue weighted by Crippen LogP contribution is -2.33. The Hall–Kier alpha value is -0.580. The van der Waals surface area contributed by atoms with Gasteiger partial charge in [0.1, 0.15) is 5.75 Å². The molecule has 0 amide bonds. The van der Waals surface area contributed by atoms with Crippen molar-refractivity contribution < 1.29 is 4.74 Å².